The first-order valence-electron chi connectivity index (χ1n) is 9.54. The predicted molar refractivity (Wildman–Crippen MR) is 104 cm³/mol. The Morgan fingerprint density at radius 2 is 2.08 bits per heavy atom. The second kappa shape index (κ2) is 8.82. The van der Waals surface area contributed by atoms with Crippen LogP contribution in [0.1, 0.15) is 39.0 Å². The lowest BCUT2D eigenvalue weighted by atomic mass is 9.99. The maximum atomic E-state index is 12.7. The van der Waals surface area contributed by atoms with Gasteiger partial charge in [0, 0.05) is 25.7 Å². The first kappa shape index (κ1) is 19.8. The van der Waals surface area contributed by atoms with Crippen molar-refractivity contribution >= 4 is 27.3 Å². The molecule has 2 saturated heterocycles. The molecule has 2 aliphatic rings. The van der Waals surface area contributed by atoms with E-state index in [0.29, 0.717) is 23.3 Å². The number of nitrogens with zero attached hydrogens (tertiary/aromatic N) is 2. The molecular weight excluding hydrogens is 370 g/mol. The zero-order chi connectivity index (χ0) is 18.6. The minimum atomic E-state index is -3.46. The molecule has 0 radical (unpaired) electrons. The Hall–Kier alpha value is -0.960. The first-order valence-corrected chi connectivity index (χ1v) is 11.9. The third kappa shape index (κ3) is 4.65. The van der Waals surface area contributed by atoms with E-state index in [0.717, 1.165) is 32.4 Å². The van der Waals surface area contributed by atoms with Gasteiger partial charge in [-0.25, -0.2) is 8.42 Å². The maximum absolute atomic E-state index is 12.7. The summed E-state index contributed by atoms with van der Waals surface area (Å²) < 4.78 is 27.2. The van der Waals surface area contributed by atoms with Gasteiger partial charge in [-0.05, 0) is 63.6 Å². The topological polar surface area (TPSA) is 69.7 Å². The Balaban J connectivity index is 1.48. The number of thiophene rings is 1. The molecule has 2 aliphatic heterocycles. The molecule has 1 aromatic rings. The van der Waals surface area contributed by atoms with Crippen LogP contribution in [0.2, 0.25) is 0 Å². The number of hydrogen-bond donors (Lipinski definition) is 1. The molecule has 0 aromatic carbocycles. The fourth-order valence-corrected chi connectivity index (χ4v) is 6.49. The van der Waals surface area contributed by atoms with Gasteiger partial charge >= 0.3 is 0 Å². The molecule has 2 atom stereocenters. The number of hydrogen-bond acceptors (Lipinski definition) is 5. The van der Waals surface area contributed by atoms with Crippen molar-refractivity contribution in [3.63, 3.8) is 0 Å². The minimum Gasteiger partial charge on any atom is -0.356 e. The Kier molecular flexibility index (Phi) is 6.71. The quantitative estimate of drug-likeness (QED) is 0.763. The van der Waals surface area contributed by atoms with Crippen LogP contribution in [0.25, 0.3) is 0 Å². The molecule has 8 heteroatoms. The van der Waals surface area contributed by atoms with E-state index in [1.807, 2.05) is 0 Å². The number of nitrogens with one attached hydrogen (secondary N) is 1. The third-order valence-electron chi connectivity index (χ3n) is 5.47. The fraction of sp³-hybridized carbons (Fsp3) is 0.722. The number of amides is 1. The smallest absolute Gasteiger partial charge is 0.252 e. The Bertz CT molecular complexity index is 685. The summed E-state index contributed by atoms with van der Waals surface area (Å²) in [5.74, 6) is -0.259. The van der Waals surface area contributed by atoms with Gasteiger partial charge < -0.3 is 10.2 Å². The zero-order valence-corrected chi connectivity index (χ0v) is 17.0. The van der Waals surface area contributed by atoms with Crippen molar-refractivity contribution in [1.82, 2.24) is 14.5 Å². The number of carbonyl (C=O) groups is 1. The monoisotopic (exact) mass is 399 g/mol. The van der Waals surface area contributed by atoms with Crippen LogP contribution in [0.15, 0.2) is 21.7 Å². The van der Waals surface area contributed by atoms with E-state index in [4.69, 9.17) is 0 Å². The average Bonchev–Trinajstić information content (AvgIpc) is 3.35. The molecule has 1 aromatic heterocycles. The minimum absolute atomic E-state index is 0.00954. The molecule has 3 heterocycles. The van der Waals surface area contributed by atoms with Crippen LogP contribution >= 0.6 is 11.3 Å². The zero-order valence-electron chi connectivity index (χ0n) is 15.4. The largest absolute Gasteiger partial charge is 0.356 e. The summed E-state index contributed by atoms with van der Waals surface area (Å²) >= 11 is 1.23. The Morgan fingerprint density at radius 1 is 1.31 bits per heavy atom. The van der Waals surface area contributed by atoms with E-state index in [-0.39, 0.29) is 18.4 Å². The summed E-state index contributed by atoms with van der Waals surface area (Å²) in [6.07, 6.45) is 4.97. The number of likely N-dealkylation sites (tertiary alicyclic amines) is 1. The van der Waals surface area contributed by atoms with Crippen LogP contribution in [0.5, 0.6) is 0 Å². The van der Waals surface area contributed by atoms with E-state index < -0.39 is 10.0 Å². The standard InChI is InChI=1S/C18H29N3O3S2/c1-15(20-10-2-3-11-20)8-9-19-18(22)16-6-4-12-21(14-16)26(23,24)17-7-5-13-25-17/h5,7,13,15-16H,2-4,6,8-12,14H2,1H3,(H,19,22). The van der Waals surface area contributed by atoms with Crippen molar-refractivity contribution in [2.24, 2.45) is 5.92 Å². The van der Waals surface area contributed by atoms with Crippen molar-refractivity contribution in [3.05, 3.63) is 17.5 Å². The molecular formula is C18H29N3O3S2. The summed E-state index contributed by atoms with van der Waals surface area (Å²) in [5.41, 5.74) is 0. The van der Waals surface area contributed by atoms with Gasteiger partial charge in [0.05, 0.1) is 5.92 Å². The van der Waals surface area contributed by atoms with Gasteiger partial charge in [0.1, 0.15) is 4.21 Å². The Morgan fingerprint density at radius 3 is 2.77 bits per heavy atom. The highest BCUT2D eigenvalue weighted by atomic mass is 32.2. The van der Waals surface area contributed by atoms with Crippen molar-refractivity contribution in [1.29, 1.82) is 0 Å². The van der Waals surface area contributed by atoms with E-state index in [9.17, 15) is 13.2 Å². The lowest BCUT2D eigenvalue weighted by Gasteiger charge is -2.31. The highest BCUT2D eigenvalue weighted by Crippen LogP contribution is 2.26. The highest BCUT2D eigenvalue weighted by molar-refractivity contribution is 7.91. The van der Waals surface area contributed by atoms with Crippen molar-refractivity contribution in [2.45, 2.75) is 49.3 Å². The molecule has 0 aliphatic carbocycles. The molecule has 0 saturated carbocycles. The number of piperidine rings is 1. The predicted octanol–water partition coefficient (Wildman–Crippen LogP) is 2.14. The fourth-order valence-electron chi connectivity index (χ4n) is 3.83. The van der Waals surface area contributed by atoms with Crippen LogP contribution in [0, 0.1) is 5.92 Å². The average molecular weight is 400 g/mol. The van der Waals surface area contributed by atoms with Gasteiger partial charge in [-0.15, -0.1) is 11.3 Å². The molecule has 1 amide bonds. The molecule has 0 bridgehead atoms. The van der Waals surface area contributed by atoms with Gasteiger partial charge in [0.25, 0.3) is 10.0 Å². The van der Waals surface area contributed by atoms with E-state index in [2.05, 4.69) is 17.1 Å². The van der Waals surface area contributed by atoms with Gasteiger partial charge in [0.2, 0.25) is 5.91 Å². The second-order valence-electron chi connectivity index (χ2n) is 7.31. The normalized spacial score (nSPS) is 23.8. The number of rotatable bonds is 7. The van der Waals surface area contributed by atoms with Crippen molar-refractivity contribution in [2.75, 3.05) is 32.7 Å². The summed E-state index contributed by atoms with van der Waals surface area (Å²) in [7, 11) is -3.46. The molecule has 146 valence electrons. The maximum Gasteiger partial charge on any atom is 0.252 e. The summed E-state index contributed by atoms with van der Waals surface area (Å²) in [4.78, 5) is 15.0. The third-order valence-corrected chi connectivity index (χ3v) is 8.71. The van der Waals surface area contributed by atoms with Crippen LogP contribution in [0.3, 0.4) is 0 Å². The molecule has 2 fully saturated rings. The Labute approximate surface area is 160 Å². The van der Waals surface area contributed by atoms with E-state index in [1.54, 1.807) is 17.5 Å². The molecule has 6 nitrogen and oxygen atoms in total. The SMILES string of the molecule is CC(CCNC(=O)C1CCCN(S(=O)(=O)c2cccs2)C1)N1CCCC1. The van der Waals surface area contributed by atoms with Gasteiger partial charge in [-0.2, -0.15) is 4.31 Å². The summed E-state index contributed by atoms with van der Waals surface area (Å²) in [6.45, 7) is 5.97. The van der Waals surface area contributed by atoms with Gasteiger partial charge in [0.15, 0.2) is 0 Å². The number of sulfonamides is 1. The van der Waals surface area contributed by atoms with E-state index >= 15 is 0 Å². The lowest BCUT2D eigenvalue weighted by molar-refractivity contribution is -0.126. The van der Waals surface area contributed by atoms with E-state index in [1.165, 1.54) is 28.5 Å². The van der Waals surface area contributed by atoms with Crippen LogP contribution in [-0.2, 0) is 14.8 Å². The van der Waals surface area contributed by atoms with Crippen molar-refractivity contribution < 1.29 is 13.2 Å². The molecule has 0 spiro atoms. The molecule has 3 rings (SSSR count). The van der Waals surface area contributed by atoms with Gasteiger partial charge in [-0.3, -0.25) is 4.79 Å². The summed E-state index contributed by atoms with van der Waals surface area (Å²) in [6, 6.07) is 3.86. The van der Waals surface area contributed by atoms with Crippen molar-refractivity contribution in [3.8, 4) is 0 Å². The van der Waals surface area contributed by atoms with Gasteiger partial charge in [-0.1, -0.05) is 6.07 Å². The van der Waals surface area contributed by atoms with Crippen LogP contribution in [0.4, 0.5) is 0 Å². The van der Waals surface area contributed by atoms with Crippen LogP contribution in [-0.4, -0.2) is 62.3 Å². The summed E-state index contributed by atoms with van der Waals surface area (Å²) in [5, 5.41) is 4.80. The molecule has 1 N–H and O–H groups in total. The first-order chi connectivity index (χ1) is 12.5. The molecule has 2 unspecified atom stereocenters. The number of carbonyl (C=O) groups excluding carboxylic acids is 1. The van der Waals surface area contributed by atoms with Crippen LogP contribution < -0.4 is 5.32 Å². The second-order valence-corrected chi connectivity index (χ2v) is 10.4. The molecule has 26 heavy (non-hydrogen) atoms. The highest BCUT2D eigenvalue weighted by Gasteiger charge is 2.33. The lowest BCUT2D eigenvalue weighted by Crippen LogP contribution is -2.45.